The Morgan fingerprint density at radius 3 is 2.86 bits per heavy atom. The molecule has 0 fully saturated rings. The minimum atomic E-state index is -0.885. The van der Waals surface area contributed by atoms with E-state index in [1.165, 1.54) is 16.9 Å². The molecular weight excluding hydrogens is 404 g/mol. The first kappa shape index (κ1) is 20.0. The second kappa shape index (κ2) is 8.11. The van der Waals surface area contributed by atoms with Crippen LogP contribution < -0.4 is 5.62 Å². The van der Waals surface area contributed by atoms with Gasteiger partial charge in [-0.2, -0.15) is 4.98 Å². The number of nitrogens with one attached hydrogen (secondary N) is 1. The molecule has 1 N–H and O–H groups in total. The molecule has 0 radical (unpaired) electrons. The van der Waals surface area contributed by atoms with Crippen LogP contribution in [-0.4, -0.2) is 30.8 Å². The van der Waals surface area contributed by atoms with Gasteiger partial charge in [-0.25, -0.2) is 20.1 Å². The molecule has 0 amide bonds. The number of nitrogens with zero attached hydrogens (tertiary/aromatic N) is 5. The highest BCUT2D eigenvalue weighted by molar-refractivity contribution is 7.15. The van der Waals surface area contributed by atoms with Gasteiger partial charge in [0, 0.05) is 22.9 Å². The zero-order valence-corrected chi connectivity index (χ0v) is 16.8. The molecule has 11 heteroatoms. The van der Waals surface area contributed by atoms with Crippen LogP contribution in [0, 0.1) is 15.5 Å². The van der Waals surface area contributed by atoms with Crippen molar-refractivity contribution in [3.05, 3.63) is 66.7 Å². The van der Waals surface area contributed by atoms with Gasteiger partial charge in [-0.3, -0.25) is 4.79 Å². The first-order chi connectivity index (χ1) is 13.2. The molecule has 2 aromatic heterocycles. The summed E-state index contributed by atoms with van der Waals surface area (Å²) in [6.45, 7) is 4.02. The van der Waals surface area contributed by atoms with E-state index in [-0.39, 0.29) is 23.6 Å². The molecule has 0 saturated carbocycles. The topological polar surface area (TPSA) is 127 Å². The molecule has 3 rings (SSSR count). The molecular formula is C17H17ClN6O3S. The van der Waals surface area contributed by atoms with Gasteiger partial charge in [-0.1, -0.05) is 34.9 Å². The van der Waals surface area contributed by atoms with Gasteiger partial charge >= 0.3 is 5.62 Å². The molecule has 2 aromatic rings. The van der Waals surface area contributed by atoms with Crippen LogP contribution in [0.25, 0.3) is 0 Å². The molecule has 0 aliphatic heterocycles. The lowest BCUT2D eigenvalue weighted by atomic mass is 9.71. The number of halogens is 1. The number of rotatable bonds is 6. The highest BCUT2D eigenvalue weighted by atomic mass is 35.5. The number of hydrogen-bond acceptors (Lipinski definition) is 7. The molecule has 2 heterocycles. The van der Waals surface area contributed by atoms with Crippen molar-refractivity contribution in [2.45, 2.75) is 33.1 Å². The predicted molar refractivity (Wildman–Crippen MR) is 103 cm³/mol. The average molecular weight is 421 g/mol. The van der Waals surface area contributed by atoms with Crippen LogP contribution in [0.4, 0.5) is 0 Å². The van der Waals surface area contributed by atoms with Crippen molar-refractivity contribution in [3.63, 3.8) is 0 Å². The van der Waals surface area contributed by atoms with E-state index in [0.29, 0.717) is 17.3 Å². The van der Waals surface area contributed by atoms with Crippen molar-refractivity contribution >= 4 is 28.7 Å². The van der Waals surface area contributed by atoms with Crippen molar-refractivity contribution in [3.8, 4) is 0 Å². The summed E-state index contributed by atoms with van der Waals surface area (Å²) in [4.78, 5) is 38.7. The largest absolute Gasteiger partial charge is 0.302 e. The number of carbonyl (C=O) groups is 1. The van der Waals surface area contributed by atoms with Gasteiger partial charge in [0.25, 0.3) is 0 Å². The highest BCUT2D eigenvalue weighted by Gasteiger charge is 2.34. The minimum absolute atomic E-state index is 0.0180. The summed E-state index contributed by atoms with van der Waals surface area (Å²) in [5.41, 5.74) is 1.50. The Balaban J connectivity index is 1.93. The number of H-pyrrole nitrogens is 1. The fourth-order valence-electron chi connectivity index (χ4n) is 3.56. The Labute approximate surface area is 169 Å². The Kier molecular flexibility index (Phi) is 5.80. The zero-order chi connectivity index (χ0) is 20.3. The van der Waals surface area contributed by atoms with Crippen molar-refractivity contribution in [1.29, 1.82) is 0 Å². The van der Waals surface area contributed by atoms with Crippen molar-refractivity contribution < 1.29 is 9.83 Å². The third-order valence-electron chi connectivity index (χ3n) is 4.24. The smallest absolute Gasteiger partial charge is 0.301 e. The van der Waals surface area contributed by atoms with Crippen molar-refractivity contribution in [1.82, 2.24) is 19.9 Å². The Morgan fingerprint density at radius 1 is 1.43 bits per heavy atom. The van der Waals surface area contributed by atoms with Gasteiger partial charge in [0.1, 0.15) is 11.4 Å². The van der Waals surface area contributed by atoms with E-state index in [4.69, 9.17) is 11.6 Å². The standard InChI is InChI=1S/C17H17ClN6O3S/c1-10-3-11(2)5-17(4-10,6-12-8-19-15(18)28-12)7-13(25)14-20-9-21-16(22-14)23-24(26)27/h3-4,8-9H,5-7H2,1-2H3,(H,20,21,22,23). The van der Waals surface area contributed by atoms with Crippen LogP contribution >= 0.6 is 22.9 Å². The van der Waals surface area contributed by atoms with Crippen LogP contribution in [0.1, 0.15) is 42.2 Å². The fraction of sp³-hybridized carbons (Fsp3) is 0.353. The summed E-state index contributed by atoms with van der Waals surface area (Å²) in [5.74, 6) is -0.299. The number of hydrogen-bond donors (Lipinski definition) is 1. The molecule has 0 saturated heterocycles. The molecule has 0 bridgehead atoms. The number of aromatic nitrogens is 4. The molecule has 1 aliphatic rings. The lowest BCUT2D eigenvalue weighted by Gasteiger charge is -2.33. The third kappa shape index (κ3) is 4.96. The van der Waals surface area contributed by atoms with E-state index in [0.717, 1.165) is 16.8 Å². The molecule has 1 atom stereocenters. The number of carbonyl (C=O) groups excluding carboxylic acids is 1. The quantitative estimate of drug-likeness (QED) is 0.434. The SMILES string of the molecule is CC1=CC(CC(=O)c2ncn/c(=N\[N+](=O)[O-])[nH]2)(Cc2cnc(Cl)s2)CC(C)=C1. The fourth-order valence-corrected chi connectivity index (χ4v) is 4.69. The number of allylic oxidation sites excluding steroid dienone is 4. The van der Waals surface area contributed by atoms with Crippen LogP contribution in [0.5, 0.6) is 0 Å². The maximum absolute atomic E-state index is 12.9. The normalized spacial score (nSPS) is 19.9. The van der Waals surface area contributed by atoms with Crippen LogP contribution in [0.3, 0.4) is 0 Å². The first-order valence-electron chi connectivity index (χ1n) is 8.35. The number of nitro groups is 1. The van der Waals surface area contributed by atoms with Gasteiger partial charge in [0.15, 0.2) is 21.1 Å². The van der Waals surface area contributed by atoms with Gasteiger partial charge in [0.05, 0.1) is 0 Å². The summed E-state index contributed by atoms with van der Waals surface area (Å²) < 4.78 is 0.454. The second-order valence-corrected chi connectivity index (χ2v) is 8.48. The third-order valence-corrected chi connectivity index (χ3v) is 5.36. The van der Waals surface area contributed by atoms with E-state index in [2.05, 4.69) is 37.2 Å². The lowest BCUT2D eigenvalue weighted by molar-refractivity contribution is -0.491. The monoisotopic (exact) mass is 420 g/mol. The Bertz CT molecular complexity index is 1060. The van der Waals surface area contributed by atoms with Crippen LogP contribution in [0.15, 0.2) is 40.9 Å². The highest BCUT2D eigenvalue weighted by Crippen LogP contribution is 2.42. The van der Waals surface area contributed by atoms with E-state index in [9.17, 15) is 14.9 Å². The summed E-state index contributed by atoms with van der Waals surface area (Å²) >= 11 is 7.35. The lowest BCUT2D eigenvalue weighted by Crippen LogP contribution is -2.29. The summed E-state index contributed by atoms with van der Waals surface area (Å²) in [5, 5.41) is 12.7. The number of thiazole rings is 1. The minimum Gasteiger partial charge on any atom is -0.301 e. The first-order valence-corrected chi connectivity index (χ1v) is 9.54. The predicted octanol–water partition coefficient (Wildman–Crippen LogP) is 3.11. The summed E-state index contributed by atoms with van der Waals surface area (Å²) in [6, 6.07) is 0. The van der Waals surface area contributed by atoms with Crippen LogP contribution in [-0.2, 0) is 6.42 Å². The van der Waals surface area contributed by atoms with Crippen LogP contribution in [0.2, 0.25) is 4.47 Å². The number of ketones is 1. The molecule has 146 valence electrons. The molecule has 28 heavy (non-hydrogen) atoms. The molecule has 0 spiro atoms. The molecule has 1 unspecified atom stereocenters. The van der Waals surface area contributed by atoms with Gasteiger partial charge in [-0.15, -0.1) is 11.3 Å². The Hall–Kier alpha value is -2.72. The molecule has 9 nitrogen and oxygen atoms in total. The van der Waals surface area contributed by atoms with Crippen molar-refractivity contribution in [2.24, 2.45) is 10.5 Å². The number of aromatic amines is 1. The van der Waals surface area contributed by atoms with E-state index < -0.39 is 10.4 Å². The molecule has 1 aliphatic carbocycles. The Morgan fingerprint density at radius 2 is 2.21 bits per heavy atom. The molecule has 0 aromatic carbocycles. The second-order valence-electron chi connectivity index (χ2n) is 6.78. The maximum Gasteiger partial charge on any atom is 0.302 e. The van der Waals surface area contributed by atoms with E-state index in [1.807, 2.05) is 13.8 Å². The van der Waals surface area contributed by atoms with Crippen molar-refractivity contribution in [2.75, 3.05) is 0 Å². The average Bonchev–Trinajstić information content (AvgIpc) is 2.97. The van der Waals surface area contributed by atoms with Gasteiger partial charge in [0.2, 0.25) is 0 Å². The number of Topliss-reactive ketones (excluding diaryl/α,β-unsaturated/α-hetero) is 1. The van der Waals surface area contributed by atoms with Gasteiger partial charge < -0.3 is 4.98 Å². The summed E-state index contributed by atoms with van der Waals surface area (Å²) in [6.07, 6.45) is 8.44. The maximum atomic E-state index is 12.9. The van der Waals surface area contributed by atoms with E-state index in [1.54, 1.807) is 6.20 Å². The summed E-state index contributed by atoms with van der Waals surface area (Å²) in [7, 11) is 0. The van der Waals surface area contributed by atoms with Gasteiger partial charge in [-0.05, 0) is 26.7 Å². The van der Waals surface area contributed by atoms with E-state index >= 15 is 0 Å². The zero-order valence-electron chi connectivity index (χ0n) is 15.2.